The van der Waals surface area contributed by atoms with Gasteiger partial charge in [-0.3, -0.25) is 0 Å². The number of aromatic nitrogens is 2. The van der Waals surface area contributed by atoms with Gasteiger partial charge in [0.15, 0.2) is 0 Å². The van der Waals surface area contributed by atoms with Gasteiger partial charge in [-0.2, -0.15) is 4.73 Å². The lowest BCUT2D eigenvalue weighted by Gasteiger charge is -2.10. The molecule has 0 aliphatic carbocycles. The molecule has 0 fully saturated rings. The summed E-state index contributed by atoms with van der Waals surface area (Å²) in [4.78, 5) is 4.33. The first-order chi connectivity index (χ1) is 9.77. The average Bonchev–Trinajstić information content (AvgIpc) is 2.51. The first kappa shape index (κ1) is 12.6. The van der Waals surface area contributed by atoms with Gasteiger partial charge in [-0.05, 0) is 23.7 Å². The lowest BCUT2D eigenvalue weighted by Crippen LogP contribution is -2.32. The Morgan fingerprint density at radius 2 is 1.40 bits per heavy atom. The quantitative estimate of drug-likeness (QED) is 0.531. The van der Waals surface area contributed by atoms with Gasteiger partial charge in [-0.1, -0.05) is 48.5 Å². The molecule has 0 amide bonds. The second kappa shape index (κ2) is 5.31. The largest absolute Gasteiger partial charge is 0.617 e. The SMILES string of the molecule is [O-][n+]1c(Cl)cnc(-c2ccccc2)c1-c1ccccc1. The van der Waals surface area contributed by atoms with E-state index in [1.807, 2.05) is 60.7 Å². The summed E-state index contributed by atoms with van der Waals surface area (Å²) in [6, 6.07) is 19.0. The van der Waals surface area contributed by atoms with Crippen molar-refractivity contribution < 1.29 is 4.73 Å². The van der Waals surface area contributed by atoms with E-state index in [2.05, 4.69) is 4.98 Å². The van der Waals surface area contributed by atoms with Gasteiger partial charge in [-0.15, -0.1) is 0 Å². The topological polar surface area (TPSA) is 39.8 Å². The Kier molecular flexibility index (Phi) is 3.35. The maximum atomic E-state index is 12.3. The van der Waals surface area contributed by atoms with Crippen LogP contribution in [0.5, 0.6) is 0 Å². The van der Waals surface area contributed by atoms with Gasteiger partial charge >= 0.3 is 5.15 Å². The zero-order valence-corrected chi connectivity index (χ0v) is 11.3. The highest BCUT2D eigenvalue weighted by atomic mass is 35.5. The molecule has 0 atom stereocenters. The Morgan fingerprint density at radius 1 is 0.850 bits per heavy atom. The molecule has 20 heavy (non-hydrogen) atoms. The molecule has 1 aromatic heterocycles. The van der Waals surface area contributed by atoms with Crippen LogP contribution in [0.25, 0.3) is 22.5 Å². The van der Waals surface area contributed by atoms with Crippen LogP contribution in [0.15, 0.2) is 66.9 Å². The van der Waals surface area contributed by atoms with Crippen LogP contribution in [0.3, 0.4) is 0 Å². The molecular weight excluding hydrogens is 272 g/mol. The molecule has 0 bridgehead atoms. The summed E-state index contributed by atoms with van der Waals surface area (Å²) in [6.07, 6.45) is 1.38. The van der Waals surface area contributed by atoms with Crippen molar-refractivity contribution in [1.82, 2.24) is 4.98 Å². The third-order valence-electron chi connectivity index (χ3n) is 3.02. The highest BCUT2D eigenvalue weighted by Crippen LogP contribution is 2.28. The van der Waals surface area contributed by atoms with Crippen molar-refractivity contribution in [3.05, 3.63) is 77.2 Å². The summed E-state index contributed by atoms with van der Waals surface area (Å²) >= 11 is 5.91. The fourth-order valence-corrected chi connectivity index (χ4v) is 2.22. The van der Waals surface area contributed by atoms with Crippen molar-refractivity contribution in [2.45, 2.75) is 0 Å². The summed E-state index contributed by atoms with van der Waals surface area (Å²) in [5.74, 6) is 0. The van der Waals surface area contributed by atoms with E-state index in [0.29, 0.717) is 16.1 Å². The van der Waals surface area contributed by atoms with Gasteiger partial charge in [0.2, 0.25) is 0 Å². The van der Waals surface area contributed by atoms with Crippen molar-refractivity contribution in [2.75, 3.05) is 0 Å². The van der Waals surface area contributed by atoms with Crippen LogP contribution in [-0.4, -0.2) is 4.98 Å². The van der Waals surface area contributed by atoms with E-state index in [1.54, 1.807) is 0 Å². The van der Waals surface area contributed by atoms with Crippen molar-refractivity contribution in [3.63, 3.8) is 0 Å². The van der Waals surface area contributed by atoms with Crippen LogP contribution in [0, 0.1) is 5.21 Å². The minimum Gasteiger partial charge on any atom is -0.617 e. The van der Waals surface area contributed by atoms with E-state index in [4.69, 9.17) is 11.6 Å². The Labute approximate surface area is 121 Å². The Bertz CT molecular complexity index is 730. The summed E-state index contributed by atoms with van der Waals surface area (Å²) < 4.78 is 0.715. The van der Waals surface area contributed by atoms with Crippen LogP contribution < -0.4 is 4.73 Å². The van der Waals surface area contributed by atoms with Crippen LogP contribution >= 0.6 is 11.6 Å². The first-order valence-corrected chi connectivity index (χ1v) is 6.54. The van der Waals surface area contributed by atoms with Gasteiger partial charge in [-0.25, -0.2) is 4.98 Å². The minimum absolute atomic E-state index is 0.0588. The van der Waals surface area contributed by atoms with Crippen molar-refractivity contribution in [3.8, 4) is 22.5 Å². The molecular formula is C16H11ClN2O. The van der Waals surface area contributed by atoms with Crippen molar-refractivity contribution in [2.24, 2.45) is 0 Å². The molecule has 3 nitrogen and oxygen atoms in total. The summed E-state index contributed by atoms with van der Waals surface area (Å²) in [7, 11) is 0. The van der Waals surface area contributed by atoms with Gasteiger partial charge in [0.05, 0.1) is 0 Å². The second-order valence-electron chi connectivity index (χ2n) is 4.30. The van der Waals surface area contributed by atoms with Crippen LogP contribution in [0.4, 0.5) is 0 Å². The molecule has 98 valence electrons. The molecule has 3 rings (SSSR count). The molecule has 1 heterocycles. The molecule has 0 radical (unpaired) electrons. The van der Waals surface area contributed by atoms with E-state index < -0.39 is 0 Å². The number of nitrogens with zero attached hydrogens (tertiary/aromatic N) is 2. The number of rotatable bonds is 2. The maximum absolute atomic E-state index is 12.3. The zero-order valence-electron chi connectivity index (χ0n) is 10.5. The lowest BCUT2D eigenvalue weighted by molar-refractivity contribution is -0.591. The fourth-order valence-electron chi connectivity index (χ4n) is 2.09. The summed E-state index contributed by atoms with van der Waals surface area (Å²) in [6.45, 7) is 0. The molecule has 4 heteroatoms. The van der Waals surface area contributed by atoms with Gasteiger partial charge in [0, 0.05) is 11.1 Å². The standard InChI is InChI=1S/C16H11ClN2O/c17-14-11-18-15(12-7-3-1-4-8-12)16(19(14)20)13-9-5-2-6-10-13/h1-11H. The smallest absolute Gasteiger partial charge is 0.305 e. The van der Waals surface area contributed by atoms with Gasteiger partial charge in [0.25, 0.3) is 5.69 Å². The third kappa shape index (κ3) is 2.24. The number of halogens is 1. The highest BCUT2D eigenvalue weighted by molar-refractivity contribution is 6.28. The Hall–Kier alpha value is -2.39. The van der Waals surface area contributed by atoms with Crippen LogP contribution in [0.1, 0.15) is 0 Å². The molecule has 0 unspecified atom stereocenters. The van der Waals surface area contributed by atoms with E-state index >= 15 is 0 Å². The Balaban J connectivity index is 2.29. The number of benzene rings is 2. The number of hydrogen-bond acceptors (Lipinski definition) is 2. The maximum Gasteiger partial charge on any atom is 0.305 e. The van der Waals surface area contributed by atoms with Crippen LogP contribution in [0.2, 0.25) is 5.15 Å². The van der Waals surface area contributed by atoms with Crippen molar-refractivity contribution in [1.29, 1.82) is 0 Å². The average molecular weight is 283 g/mol. The summed E-state index contributed by atoms with van der Waals surface area (Å²) in [5, 5.41) is 12.4. The molecule has 0 spiro atoms. The van der Waals surface area contributed by atoms with Gasteiger partial charge < -0.3 is 5.21 Å². The molecule has 0 saturated heterocycles. The summed E-state index contributed by atoms with van der Waals surface area (Å²) in [5.41, 5.74) is 2.75. The normalized spacial score (nSPS) is 10.4. The van der Waals surface area contributed by atoms with E-state index in [0.717, 1.165) is 11.1 Å². The molecule has 2 aromatic carbocycles. The predicted molar refractivity (Wildman–Crippen MR) is 79.1 cm³/mol. The highest BCUT2D eigenvalue weighted by Gasteiger charge is 2.20. The Morgan fingerprint density at radius 3 is 2.00 bits per heavy atom. The van der Waals surface area contributed by atoms with Crippen LogP contribution in [-0.2, 0) is 0 Å². The second-order valence-corrected chi connectivity index (χ2v) is 4.69. The lowest BCUT2D eigenvalue weighted by atomic mass is 10.0. The third-order valence-corrected chi connectivity index (χ3v) is 3.27. The molecule has 0 aliphatic rings. The van der Waals surface area contributed by atoms with E-state index in [1.165, 1.54) is 6.20 Å². The monoisotopic (exact) mass is 282 g/mol. The fraction of sp³-hybridized carbons (Fsp3) is 0. The molecule has 3 aromatic rings. The molecule has 0 saturated carbocycles. The predicted octanol–water partition coefficient (Wildman–Crippen LogP) is 3.70. The van der Waals surface area contributed by atoms with E-state index in [9.17, 15) is 5.21 Å². The van der Waals surface area contributed by atoms with E-state index in [-0.39, 0.29) is 5.15 Å². The zero-order chi connectivity index (χ0) is 13.9. The van der Waals surface area contributed by atoms with Gasteiger partial charge in [0.1, 0.15) is 11.9 Å². The first-order valence-electron chi connectivity index (χ1n) is 6.16. The molecule has 0 N–H and O–H groups in total. The minimum atomic E-state index is 0.0588. The number of hydrogen-bond donors (Lipinski definition) is 0. The van der Waals surface area contributed by atoms with Crippen molar-refractivity contribution >= 4 is 11.6 Å². The molecule has 0 aliphatic heterocycles.